The first-order chi connectivity index (χ1) is 10.2. The van der Waals surface area contributed by atoms with Crippen LogP contribution in [0.15, 0.2) is 24.3 Å². The smallest absolute Gasteiger partial charge is 0.308 e. The van der Waals surface area contributed by atoms with Crippen LogP contribution >= 0.6 is 0 Å². The van der Waals surface area contributed by atoms with Crippen LogP contribution in [0.3, 0.4) is 0 Å². The van der Waals surface area contributed by atoms with Gasteiger partial charge in [-0.3, -0.25) is 4.79 Å². The molecule has 0 spiro atoms. The SMILES string of the molecule is CCCCCC1CCC(c2ccc(OC(C)=O)cc2)CC1. The van der Waals surface area contributed by atoms with E-state index in [1.807, 2.05) is 12.1 Å². The van der Waals surface area contributed by atoms with Gasteiger partial charge in [-0.1, -0.05) is 44.7 Å². The van der Waals surface area contributed by atoms with Gasteiger partial charge in [-0.2, -0.15) is 0 Å². The molecule has 0 N–H and O–H groups in total. The molecule has 1 aliphatic carbocycles. The maximum Gasteiger partial charge on any atom is 0.308 e. The average molecular weight is 288 g/mol. The molecule has 1 aromatic carbocycles. The predicted octanol–water partition coefficient (Wildman–Crippen LogP) is 5.47. The van der Waals surface area contributed by atoms with Crippen LogP contribution in [0.1, 0.15) is 76.7 Å². The van der Waals surface area contributed by atoms with E-state index in [2.05, 4.69) is 19.1 Å². The first kappa shape index (κ1) is 16.1. The van der Waals surface area contributed by atoms with Gasteiger partial charge in [0.1, 0.15) is 5.75 Å². The van der Waals surface area contributed by atoms with Crippen molar-refractivity contribution in [1.82, 2.24) is 0 Å². The maximum absolute atomic E-state index is 10.9. The van der Waals surface area contributed by atoms with Gasteiger partial charge in [-0.15, -0.1) is 0 Å². The molecular weight excluding hydrogens is 260 g/mol. The van der Waals surface area contributed by atoms with Gasteiger partial charge in [-0.25, -0.2) is 0 Å². The third-order valence-electron chi connectivity index (χ3n) is 4.68. The highest BCUT2D eigenvalue weighted by atomic mass is 16.5. The Morgan fingerprint density at radius 2 is 1.76 bits per heavy atom. The zero-order chi connectivity index (χ0) is 15.1. The van der Waals surface area contributed by atoms with Crippen LogP contribution in [0.5, 0.6) is 5.75 Å². The number of carbonyl (C=O) groups excluding carboxylic acids is 1. The van der Waals surface area contributed by atoms with Crippen molar-refractivity contribution >= 4 is 5.97 Å². The Labute approximate surface area is 128 Å². The van der Waals surface area contributed by atoms with E-state index in [-0.39, 0.29) is 5.97 Å². The number of rotatable bonds is 6. The van der Waals surface area contributed by atoms with Crippen LogP contribution in [0, 0.1) is 5.92 Å². The van der Waals surface area contributed by atoms with E-state index in [4.69, 9.17) is 4.74 Å². The van der Waals surface area contributed by atoms with Gasteiger partial charge in [0.05, 0.1) is 0 Å². The lowest BCUT2D eigenvalue weighted by Crippen LogP contribution is -2.13. The monoisotopic (exact) mass is 288 g/mol. The van der Waals surface area contributed by atoms with Crippen molar-refractivity contribution in [2.24, 2.45) is 5.92 Å². The molecule has 1 saturated carbocycles. The fraction of sp³-hybridized carbons (Fsp3) is 0.632. The van der Waals surface area contributed by atoms with Crippen molar-refractivity contribution in [3.05, 3.63) is 29.8 Å². The van der Waals surface area contributed by atoms with Crippen LogP contribution in [-0.4, -0.2) is 5.97 Å². The minimum Gasteiger partial charge on any atom is -0.427 e. The number of benzene rings is 1. The summed E-state index contributed by atoms with van der Waals surface area (Å²) in [7, 11) is 0. The summed E-state index contributed by atoms with van der Waals surface area (Å²) in [6.45, 7) is 3.71. The van der Waals surface area contributed by atoms with Crippen LogP contribution < -0.4 is 4.74 Å². The number of hydrogen-bond acceptors (Lipinski definition) is 2. The zero-order valence-electron chi connectivity index (χ0n) is 13.4. The average Bonchev–Trinajstić information content (AvgIpc) is 2.49. The van der Waals surface area contributed by atoms with Gasteiger partial charge in [0.2, 0.25) is 0 Å². The Bertz CT molecular complexity index is 427. The Balaban J connectivity index is 1.80. The van der Waals surface area contributed by atoms with Crippen LogP contribution in [0.4, 0.5) is 0 Å². The first-order valence-electron chi connectivity index (χ1n) is 8.47. The quantitative estimate of drug-likeness (QED) is 0.394. The molecular formula is C19H28O2. The van der Waals surface area contributed by atoms with Crippen molar-refractivity contribution in [3.63, 3.8) is 0 Å². The van der Waals surface area contributed by atoms with Gasteiger partial charge in [0, 0.05) is 6.92 Å². The van der Waals surface area contributed by atoms with Gasteiger partial charge in [0.15, 0.2) is 0 Å². The molecule has 2 heteroatoms. The summed E-state index contributed by atoms with van der Waals surface area (Å²) in [4.78, 5) is 10.9. The first-order valence-corrected chi connectivity index (χ1v) is 8.47. The third kappa shape index (κ3) is 5.18. The lowest BCUT2D eigenvalue weighted by molar-refractivity contribution is -0.131. The van der Waals surface area contributed by atoms with Crippen molar-refractivity contribution in [1.29, 1.82) is 0 Å². The van der Waals surface area contributed by atoms with E-state index in [1.54, 1.807) is 0 Å². The van der Waals surface area contributed by atoms with Gasteiger partial charge in [-0.05, 0) is 55.2 Å². The van der Waals surface area contributed by atoms with Crippen molar-refractivity contribution < 1.29 is 9.53 Å². The summed E-state index contributed by atoms with van der Waals surface area (Å²) in [6.07, 6.45) is 10.9. The van der Waals surface area contributed by atoms with Crippen molar-refractivity contribution in [3.8, 4) is 5.75 Å². The number of hydrogen-bond donors (Lipinski definition) is 0. The molecule has 0 aliphatic heterocycles. The third-order valence-corrected chi connectivity index (χ3v) is 4.68. The number of esters is 1. The molecule has 0 unspecified atom stereocenters. The normalized spacial score (nSPS) is 22.0. The zero-order valence-corrected chi connectivity index (χ0v) is 13.4. The highest BCUT2D eigenvalue weighted by Gasteiger charge is 2.22. The van der Waals surface area contributed by atoms with Crippen molar-refractivity contribution in [2.75, 3.05) is 0 Å². The predicted molar refractivity (Wildman–Crippen MR) is 86.6 cm³/mol. The molecule has 1 aliphatic rings. The minimum atomic E-state index is -0.254. The summed E-state index contributed by atoms with van der Waals surface area (Å²) in [6, 6.07) is 8.09. The highest BCUT2D eigenvalue weighted by molar-refractivity contribution is 5.69. The molecule has 2 nitrogen and oxygen atoms in total. The summed E-state index contributed by atoms with van der Waals surface area (Å²) < 4.78 is 5.09. The molecule has 0 aromatic heterocycles. The Morgan fingerprint density at radius 3 is 2.33 bits per heavy atom. The van der Waals surface area contributed by atoms with Gasteiger partial charge >= 0.3 is 5.97 Å². The fourth-order valence-corrected chi connectivity index (χ4v) is 3.44. The van der Waals surface area contributed by atoms with Crippen LogP contribution in [-0.2, 0) is 4.79 Å². The summed E-state index contributed by atoms with van der Waals surface area (Å²) in [5, 5.41) is 0. The Hall–Kier alpha value is -1.31. The molecule has 1 aromatic rings. The standard InChI is InChI=1S/C19H28O2/c1-3-4-5-6-16-7-9-17(10-8-16)18-11-13-19(14-12-18)21-15(2)20/h11-14,16-17H,3-10H2,1-2H3. The topological polar surface area (TPSA) is 26.3 Å². The highest BCUT2D eigenvalue weighted by Crippen LogP contribution is 2.38. The number of unbranched alkanes of at least 4 members (excludes halogenated alkanes) is 2. The second-order valence-electron chi connectivity index (χ2n) is 6.38. The molecule has 116 valence electrons. The van der Waals surface area contributed by atoms with E-state index >= 15 is 0 Å². The molecule has 0 bridgehead atoms. The van der Waals surface area contributed by atoms with E-state index < -0.39 is 0 Å². The van der Waals surface area contributed by atoms with E-state index in [0.29, 0.717) is 11.7 Å². The van der Waals surface area contributed by atoms with E-state index in [9.17, 15) is 4.79 Å². The molecule has 0 atom stereocenters. The molecule has 0 radical (unpaired) electrons. The molecule has 21 heavy (non-hydrogen) atoms. The van der Waals surface area contributed by atoms with Crippen LogP contribution in [0.25, 0.3) is 0 Å². The summed E-state index contributed by atoms with van der Waals surface area (Å²) >= 11 is 0. The second kappa shape index (κ2) is 8.21. The van der Waals surface area contributed by atoms with Crippen molar-refractivity contribution in [2.45, 2.75) is 71.1 Å². The van der Waals surface area contributed by atoms with Gasteiger partial charge in [0.25, 0.3) is 0 Å². The summed E-state index contributed by atoms with van der Waals surface area (Å²) in [5.74, 6) is 2.04. The lowest BCUT2D eigenvalue weighted by Gasteiger charge is -2.29. The Morgan fingerprint density at radius 1 is 1.10 bits per heavy atom. The molecule has 2 rings (SSSR count). The molecule has 1 fully saturated rings. The number of carbonyl (C=O) groups is 1. The Kier molecular flexibility index (Phi) is 6.28. The fourth-order valence-electron chi connectivity index (χ4n) is 3.44. The van der Waals surface area contributed by atoms with Gasteiger partial charge < -0.3 is 4.74 Å². The lowest BCUT2D eigenvalue weighted by atomic mass is 9.77. The minimum absolute atomic E-state index is 0.254. The van der Waals surface area contributed by atoms with E-state index in [1.165, 1.54) is 63.9 Å². The van der Waals surface area contributed by atoms with Crippen LogP contribution in [0.2, 0.25) is 0 Å². The molecule has 0 saturated heterocycles. The summed E-state index contributed by atoms with van der Waals surface area (Å²) in [5.41, 5.74) is 1.40. The largest absolute Gasteiger partial charge is 0.427 e. The van der Waals surface area contributed by atoms with E-state index in [0.717, 1.165) is 5.92 Å². The molecule has 0 amide bonds. The second-order valence-corrected chi connectivity index (χ2v) is 6.38. The molecule has 0 heterocycles. The number of ether oxygens (including phenoxy) is 1. The maximum atomic E-state index is 10.9.